The van der Waals surface area contributed by atoms with Gasteiger partial charge in [-0.05, 0) is 62.4 Å². The van der Waals surface area contributed by atoms with Crippen LogP contribution in [0.15, 0.2) is 84.9 Å². The first-order chi connectivity index (χ1) is 17.6. The van der Waals surface area contributed by atoms with Crippen molar-refractivity contribution >= 4 is 23.5 Å². The van der Waals surface area contributed by atoms with Gasteiger partial charge in [-0.25, -0.2) is 4.79 Å². The van der Waals surface area contributed by atoms with Crippen LogP contribution < -0.4 is 5.32 Å². The second-order valence-corrected chi connectivity index (χ2v) is 10.4. The van der Waals surface area contributed by atoms with Crippen molar-refractivity contribution in [2.45, 2.75) is 58.2 Å². The maximum absolute atomic E-state index is 13.6. The second kappa shape index (κ2) is 11.1. The van der Waals surface area contributed by atoms with Crippen molar-refractivity contribution in [3.8, 4) is 0 Å². The van der Waals surface area contributed by atoms with E-state index in [1.807, 2.05) is 79.7 Å². The zero-order valence-corrected chi connectivity index (χ0v) is 22.1. The molecule has 0 bridgehead atoms. The zero-order chi connectivity index (χ0) is 26.6. The van der Waals surface area contributed by atoms with Gasteiger partial charge in [-0.3, -0.25) is 15.0 Å². The molecule has 194 valence electrons. The fraction of sp³-hybridized carbons (Fsp3) is 0.333. The van der Waals surface area contributed by atoms with Gasteiger partial charge < -0.3 is 9.84 Å². The Morgan fingerprint density at radius 2 is 1.65 bits per heavy atom. The number of halogens is 1. The van der Waals surface area contributed by atoms with Crippen molar-refractivity contribution in [3.05, 3.63) is 107 Å². The van der Waals surface area contributed by atoms with E-state index >= 15 is 0 Å². The number of nitrogens with zero attached hydrogens (tertiary/aromatic N) is 1. The van der Waals surface area contributed by atoms with E-state index in [2.05, 4.69) is 5.32 Å². The minimum absolute atomic E-state index is 0.0848. The second-order valence-electron chi connectivity index (χ2n) is 10.0. The first kappa shape index (κ1) is 26.9. The molecule has 37 heavy (non-hydrogen) atoms. The van der Waals surface area contributed by atoms with Crippen LogP contribution in [0.3, 0.4) is 0 Å². The number of ether oxygens (including phenoxy) is 1. The number of carbonyl (C=O) groups is 2. The van der Waals surface area contributed by atoms with Crippen molar-refractivity contribution in [3.63, 3.8) is 0 Å². The summed E-state index contributed by atoms with van der Waals surface area (Å²) in [6.07, 6.45) is 0.991. The quantitative estimate of drug-likeness (QED) is 0.217. The summed E-state index contributed by atoms with van der Waals surface area (Å²) in [5, 5.41) is 15.2. The van der Waals surface area contributed by atoms with E-state index in [4.69, 9.17) is 16.3 Å². The number of nitrogens with one attached hydrogen (secondary N) is 1. The average molecular weight is 521 g/mol. The highest BCUT2D eigenvalue weighted by Gasteiger charge is 2.65. The molecule has 1 fully saturated rings. The summed E-state index contributed by atoms with van der Waals surface area (Å²) < 4.78 is 5.67. The van der Waals surface area contributed by atoms with E-state index < -0.39 is 23.3 Å². The topological polar surface area (TPSA) is 78.9 Å². The summed E-state index contributed by atoms with van der Waals surface area (Å²) in [4.78, 5) is 28.3. The highest BCUT2D eigenvalue weighted by atomic mass is 35.5. The third-order valence-corrected chi connectivity index (χ3v) is 7.37. The Hall–Kier alpha value is -3.19. The third kappa shape index (κ3) is 5.87. The molecular formula is C30H33ClN2O4. The van der Waals surface area contributed by atoms with Crippen LogP contribution in [0.25, 0.3) is 0 Å². The molecular weight excluding hydrogens is 488 g/mol. The normalized spacial score (nSPS) is 21.6. The van der Waals surface area contributed by atoms with Gasteiger partial charge in [0.2, 0.25) is 5.91 Å². The molecule has 7 heteroatoms. The van der Waals surface area contributed by atoms with Crippen LogP contribution in [0, 0.1) is 5.41 Å². The van der Waals surface area contributed by atoms with Gasteiger partial charge in [-0.2, -0.15) is 0 Å². The summed E-state index contributed by atoms with van der Waals surface area (Å²) in [6, 6.07) is 25.2. The minimum Gasteiger partial charge on any atom is -0.459 e. The molecule has 1 amide bonds. The van der Waals surface area contributed by atoms with Crippen molar-refractivity contribution in [1.82, 2.24) is 10.2 Å². The molecule has 4 atom stereocenters. The number of esters is 1. The van der Waals surface area contributed by atoms with Crippen LogP contribution in [0.2, 0.25) is 5.02 Å². The van der Waals surface area contributed by atoms with Crippen molar-refractivity contribution in [2.24, 2.45) is 5.41 Å². The Morgan fingerprint density at radius 1 is 1.05 bits per heavy atom. The highest BCUT2D eigenvalue weighted by molar-refractivity contribution is 6.30. The number of rotatable bonds is 10. The Morgan fingerprint density at radius 3 is 2.27 bits per heavy atom. The maximum Gasteiger partial charge on any atom is 0.330 e. The fourth-order valence-electron chi connectivity index (χ4n) is 4.95. The molecule has 1 aliphatic rings. The number of hydrogen-bond acceptors (Lipinski definition) is 5. The molecule has 0 saturated carbocycles. The van der Waals surface area contributed by atoms with Crippen molar-refractivity contribution in [2.75, 3.05) is 0 Å². The van der Waals surface area contributed by atoms with E-state index in [0.717, 1.165) is 16.7 Å². The Labute approximate surface area is 223 Å². The number of benzene rings is 3. The summed E-state index contributed by atoms with van der Waals surface area (Å²) in [5.74, 6) is -2.62. The average Bonchev–Trinajstić information content (AvgIpc) is 2.90. The Bertz CT molecular complexity index is 1220. The zero-order valence-electron chi connectivity index (χ0n) is 21.4. The van der Waals surface area contributed by atoms with Gasteiger partial charge in [0.25, 0.3) is 0 Å². The molecule has 3 aromatic carbocycles. The predicted molar refractivity (Wildman–Crippen MR) is 143 cm³/mol. The standard InChI is InChI=1S/C30H33ClN2O4/c1-21(24-12-8-5-9-13-24)32-30(3,36)33-26(27(34)37-20-23-10-6-4-7-11-23)29(2,28(33)35)19-18-22-14-16-25(31)17-15-22/h4-17,21,26,32,36H,18-20H2,1-3H3/t21-,26-,29-,30?/m1/s1. The third-order valence-electron chi connectivity index (χ3n) is 7.12. The SMILES string of the molecule is C[C@@H](NC(C)(O)N1C(=O)[C@](C)(CCc2ccc(Cl)cc2)[C@H]1C(=O)OCc1ccccc1)c1ccccc1. The van der Waals surface area contributed by atoms with Crippen LogP contribution in [-0.2, 0) is 27.4 Å². The lowest BCUT2D eigenvalue weighted by Crippen LogP contribution is -2.79. The van der Waals surface area contributed by atoms with Gasteiger partial charge in [0.15, 0.2) is 5.85 Å². The number of amides is 1. The van der Waals surface area contributed by atoms with Crippen LogP contribution in [0.1, 0.15) is 49.9 Å². The van der Waals surface area contributed by atoms with Crippen LogP contribution in [0.5, 0.6) is 0 Å². The number of aryl methyl sites for hydroxylation is 1. The molecule has 6 nitrogen and oxygen atoms in total. The predicted octanol–water partition coefficient (Wildman–Crippen LogP) is 5.25. The molecule has 0 radical (unpaired) electrons. The number of likely N-dealkylation sites (tertiary alicyclic amines) is 1. The van der Waals surface area contributed by atoms with Crippen molar-refractivity contribution < 1.29 is 19.4 Å². The van der Waals surface area contributed by atoms with Crippen LogP contribution in [0.4, 0.5) is 0 Å². The van der Waals surface area contributed by atoms with E-state index in [1.54, 1.807) is 19.1 Å². The summed E-state index contributed by atoms with van der Waals surface area (Å²) in [5.41, 5.74) is 1.77. The lowest BCUT2D eigenvalue weighted by atomic mass is 9.68. The monoisotopic (exact) mass is 520 g/mol. The van der Waals surface area contributed by atoms with E-state index in [9.17, 15) is 14.7 Å². The van der Waals surface area contributed by atoms with Gasteiger partial charge in [0, 0.05) is 11.1 Å². The number of β-lactam (4-membered cyclic amide) rings is 1. The molecule has 1 unspecified atom stereocenters. The summed E-state index contributed by atoms with van der Waals surface area (Å²) in [6.45, 7) is 5.26. The lowest BCUT2D eigenvalue weighted by Gasteiger charge is -2.58. The molecule has 1 aliphatic heterocycles. The van der Waals surface area contributed by atoms with E-state index in [-0.39, 0.29) is 18.6 Å². The molecule has 1 saturated heterocycles. The van der Waals surface area contributed by atoms with Gasteiger partial charge in [0.05, 0.1) is 5.41 Å². The summed E-state index contributed by atoms with van der Waals surface area (Å²) >= 11 is 6.01. The smallest absolute Gasteiger partial charge is 0.330 e. The molecule has 2 N–H and O–H groups in total. The molecule has 4 rings (SSSR count). The number of carbonyl (C=O) groups excluding carboxylic acids is 2. The number of aliphatic hydroxyl groups is 1. The van der Waals surface area contributed by atoms with Gasteiger partial charge in [-0.15, -0.1) is 0 Å². The van der Waals surface area contributed by atoms with Crippen LogP contribution >= 0.6 is 11.6 Å². The van der Waals surface area contributed by atoms with Crippen molar-refractivity contribution in [1.29, 1.82) is 0 Å². The lowest BCUT2D eigenvalue weighted by molar-refractivity contribution is -0.233. The van der Waals surface area contributed by atoms with Gasteiger partial charge in [-0.1, -0.05) is 84.4 Å². The fourth-order valence-corrected chi connectivity index (χ4v) is 5.08. The van der Waals surface area contributed by atoms with Gasteiger partial charge in [0.1, 0.15) is 12.6 Å². The van der Waals surface area contributed by atoms with E-state index in [1.165, 1.54) is 11.8 Å². The molecule has 3 aromatic rings. The molecule has 0 aliphatic carbocycles. The Kier molecular flexibility index (Phi) is 8.02. The highest BCUT2D eigenvalue weighted by Crippen LogP contribution is 2.46. The summed E-state index contributed by atoms with van der Waals surface area (Å²) in [7, 11) is 0. The largest absolute Gasteiger partial charge is 0.459 e. The molecule has 1 heterocycles. The number of hydrogen-bond donors (Lipinski definition) is 2. The first-order valence-electron chi connectivity index (χ1n) is 12.5. The molecule has 0 spiro atoms. The van der Waals surface area contributed by atoms with E-state index in [0.29, 0.717) is 17.9 Å². The first-order valence-corrected chi connectivity index (χ1v) is 12.8. The maximum atomic E-state index is 13.6. The Balaban J connectivity index is 1.55. The molecule has 0 aromatic heterocycles. The minimum atomic E-state index is -1.78. The van der Waals surface area contributed by atoms with Crippen LogP contribution in [-0.4, -0.2) is 33.8 Å². The van der Waals surface area contributed by atoms with Gasteiger partial charge >= 0.3 is 5.97 Å².